The molecule has 2 aromatic carbocycles. The SMILES string of the molecule is CCN(C(=O)c1ccc2c(=O)n3c(nc2c1)CCCCCC3)c1ccc(F)cc1. The molecule has 0 saturated heterocycles. The third kappa shape index (κ3) is 3.79. The molecule has 1 aliphatic heterocycles. The molecule has 29 heavy (non-hydrogen) atoms. The number of fused-ring (bicyclic) bond motifs is 2. The van der Waals surface area contributed by atoms with E-state index in [1.165, 1.54) is 12.1 Å². The second kappa shape index (κ2) is 8.15. The van der Waals surface area contributed by atoms with E-state index in [4.69, 9.17) is 4.98 Å². The molecular weight excluding hydrogens is 369 g/mol. The topological polar surface area (TPSA) is 55.2 Å². The third-order valence-corrected chi connectivity index (χ3v) is 5.51. The van der Waals surface area contributed by atoms with Crippen LogP contribution >= 0.6 is 0 Å². The molecular formula is C23H24FN3O2. The first kappa shape index (κ1) is 19.3. The number of carbonyl (C=O) groups excluding carboxylic acids is 1. The highest BCUT2D eigenvalue weighted by Crippen LogP contribution is 2.20. The summed E-state index contributed by atoms with van der Waals surface area (Å²) in [5.74, 6) is 0.261. The molecule has 150 valence electrons. The molecule has 0 N–H and O–H groups in total. The van der Waals surface area contributed by atoms with Crippen LogP contribution in [0, 0.1) is 5.82 Å². The van der Waals surface area contributed by atoms with E-state index in [1.54, 1.807) is 39.8 Å². The van der Waals surface area contributed by atoms with Gasteiger partial charge in [-0.2, -0.15) is 0 Å². The minimum atomic E-state index is -0.343. The Morgan fingerprint density at radius 1 is 1.10 bits per heavy atom. The van der Waals surface area contributed by atoms with Crippen molar-refractivity contribution in [2.75, 3.05) is 11.4 Å². The van der Waals surface area contributed by atoms with E-state index in [2.05, 4.69) is 0 Å². The molecule has 0 unspecified atom stereocenters. The number of anilines is 1. The number of halogens is 1. The fraction of sp³-hybridized carbons (Fsp3) is 0.348. The Hall–Kier alpha value is -3.02. The summed E-state index contributed by atoms with van der Waals surface area (Å²) < 4.78 is 15.0. The number of aromatic nitrogens is 2. The lowest BCUT2D eigenvalue weighted by molar-refractivity contribution is 0.0988. The highest BCUT2D eigenvalue weighted by Gasteiger charge is 2.19. The van der Waals surface area contributed by atoms with Gasteiger partial charge < -0.3 is 4.90 Å². The van der Waals surface area contributed by atoms with Gasteiger partial charge in [0.25, 0.3) is 11.5 Å². The number of amides is 1. The van der Waals surface area contributed by atoms with Gasteiger partial charge in [0.1, 0.15) is 11.6 Å². The van der Waals surface area contributed by atoms with Crippen LogP contribution in [0.1, 0.15) is 48.8 Å². The summed E-state index contributed by atoms with van der Waals surface area (Å²) in [4.78, 5) is 32.4. The Morgan fingerprint density at radius 2 is 1.86 bits per heavy atom. The van der Waals surface area contributed by atoms with Crippen molar-refractivity contribution < 1.29 is 9.18 Å². The molecule has 2 heterocycles. The van der Waals surface area contributed by atoms with E-state index >= 15 is 0 Å². The zero-order chi connectivity index (χ0) is 20.4. The maximum absolute atomic E-state index is 13.2. The van der Waals surface area contributed by atoms with Gasteiger partial charge in [0, 0.05) is 30.8 Å². The first-order chi connectivity index (χ1) is 14.1. The van der Waals surface area contributed by atoms with Crippen molar-refractivity contribution >= 4 is 22.5 Å². The van der Waals surface area contributed by atoms with Gasteiger partial charge in [-0.25, -0.2) is 9.37 Å². The summed E-state index contributed by atoms with van der Waals surface area (Å²) >= 11 is 0. The molecule has 5 nitrogen and oxygen atoms in total. The van der Waals surface area contributed by atoms with Crippen LogP contribution in [0.4, 0.5) is 10.1 Å². The van der Waals surface area contributed by atoms with Crippen LogP contribution in [0.5, 0.6) is 0 Å². The molecule has 0 fully saturated rings. The Balaban J connectivity index is 1.74. The largest absolute Gasteiger partial charge is 0.309 e. The van der Waals surface area contributed by atoms with Crippen LogP contribution in [0.3, 0.4) is 0 Å². The predicted molar refractivity (Wildman–Crippen MR) is 112 cm³/mol. The molecule has 1 aromatic heterocycles. The number of hydrogen-bond donors (Lipinski definition) is 0. The van der Waals surface area contributed by atoms with Crippen LogP contribution in [0.2, 0.25) is 0 Å². The number of rotatable bonds is 3. The fourth-order valence-electron chi connectivity index (χ4n) is 3.95. The van der Waals surface area contributed by atoms with Gasteiger partial charge in [-0.3, -0.25) is 14.2 Å². The van der Waals surface area contributed by atoms with Crippen molar-refractivity contribution in [2.45, 2.75) is 45.6 Å². The van der Waals surface area contributed by atoms with Gasteiger partial charge >= 0.3 is 0 Å². The van der Waals surface area contributed by atoms with E-state index in [0.29, 0.717) is 35.2 Å². The number of hydrogen-bond acceptors (Lipinski definition) is 3. The van der Waals surface area contributed by atoms with E-state index < -0.39 is 0 Å². The van der Waals surface area contributed by atoms with Gasteiger partial charge in [0.2, 0.25) is 0 Å². The van der Waals surface area contributed by atoms with Crippen LogP contribution in [-0.4, -0.2) is 22.0 Å². The minimum Gasteiger partial charge on any atom is -0.309 e. The van der Waals surface area contributed by atoms with Crippen LogP contribution in [0.25, 0.3) is 10.9 Å². The molecule has 1 aliphatic rings. The molecule has 0 saturated carbocycles. The highest BCUT2D eigenvalue weighted by atomic mass is 19.1. The lowest BCUT2D eigenvalue weighted by atomic mass is 10.1. The van der Waals surface area contributed by atoms with Crippen molar-refractivity contribution in [1.82, 2.24) is 9.55 Å². The highest BCUT2D eigenvalue weighted by molar-refractivity contribution is 6.07. The molecule has 0 spiro atoms. The molecule has 6 heteroatoms. The van der Waals surface area contributed by atoms with E-state index in [-0.39, 0.29) is 17.3 Å². The first-order valence-corrected chi connectivity index (χ1v) is 10.2. The molecule has 1 amide bonds. The van der Waals surface area contributed by atoms with Crippen molar-refractivity contribution in [1.29, 1.82) is 0 Å². The summed E-state index contributed by atoms with van der Waals surface area (Å²) in [5.41, 5.74) is 1.62. The van der Waals surface area contributed by atoms with Gasteiger partial charge in [-0.1, -0.05) is 12.8 Å². The first-order valence-electron chi connectivity index (χ1n) is 10.2. The second-order valence-electron chi connectivity index (χ2n) is 7.41. The van der Waals surface area contributed by atoms with Crippen molar-refractivity contribution in [2.24, 2.45) is 0 Å². The quantitative estimate of drug-likeness (QED) is 0.666. The fourth-order valence-corrected chi connectivity index (χ4v) is 3.95. The van der Waals surface area contributed by atoms with Gasteiger partial charge in [0.05, 0.1) is 10.9 Å². The van der Waals surface area contributed by atoms with Gasteiger partial charge in [-0.05, 0) is 62.2 Å². The molecule has 0 bridgehead atoms. The Bertz CT molecular complexity index is 1110. The maximum Gasteiger partial charge on any atom is 0.261 e. The zero-order valence-electron chi connectivity index (χ0n) is 16.5. The van der Waals surface area contributed by atoms with Gasteiger partial charge in [0.15, 0.2) is 0 Å². The number of nitrogens with zero attached hydrogens (tertiary/aromatic N) is 3. The Labute approximate surface area is 168 Å². The van der Waals surface area contributed by atoms with Crippen LogP contribution in [-0.2, 0) is 13.0 Å². The molecule has 0 radical (unpaired) electrons. The maximum atomic E-state index is 13.2. The van der Waals surface area contributed by atoms with Crippen LogP contribution in [0.15, 0.2) is 47.3 Å². The molecule has 0 aliphatic carbocycles. The normalized spacial score (nSPS) is 14.1. The lowest BCUT2D eigenvalue weighted by Gasteiger charge is -2.21. The molecule has 4 rings (SSSR count). The lowest BCUT2D eigenvalue weighted by Crippen LogP contribution is -2.31. The average molecular weight is 393 g/mol. The van der Waals surface area contributed by atoms with E-state index in [9.17, 15) is 14.0 Å². The molecule has 3 aromatic rings. The summed E-state index contributed by atoms with van der Waals surface area (Å²) in [6, 6.07) is 10.9. The van der Waals surface area contributed by atoms with Crippen molar-refractivity contribution in [3.63, 3.8) is 0 Å². The number of aryl methyl sites for hydroxylation is 1. The summed E-state index contributed by atoms with van der Waals surface area (Å²) in [7, 11) is 0. The Kier molecular flexibility index (Phi) is 5.43. The van der Waals surface area contributed by atoms with Crippen molar-refractivity contribution in [3.05, 3.63) is 70.0 Å². The summed E-state index contributed by atoms with van der Waals surface area (Å²) in [5, 5.41) is 0.538. The van der Waals surface area contributed by atoms with Crippen LogP contribution < -0.4 is 10.5 Å². The smallest absolute Gasteiger partial charge is 0.261 e. The zero-order valence-corrected chi connectivity index (χ0v) is 16.5. The number of carbonyl (C=O) groups is 1. The van der Waals surface area contributed by atoms with E-state index in [0.717, 1.165) is 37.9 Å². The second-order valence-corrected chi connectivity index (χ2v) is 7.41. The minimum absolute atomic E-state index is 0.0308. The Morgan fingerprint density at radius 3 is 2.62 bits per heavy atom. The summed E-state index contributed by atoms with van der Waals surface area (Å²) in [6.07, 6.45) is 5.06. The molecule has 0 atom stereocenters. The standard InChI is InChI=1S/C23H24FN3O2/c1-2-26(18-11-9-17(24)10-12-18)22(28)16-8-13-19-20(15-16)25-21-7-5-3-4-6-14-27(21)23(19)29/h8-13,15H,2-7,14H2,1H3. The number of benzene rings is 2. The van der Waals surface area contributed by atoms with Gasteiger partial charge in [-0.15, -0.1) is 0 Å². The summed E-state index contributed by atoms with van der Waals surface area (Å²) in [6.45, 7) is 3.02. The predicted octanol–water partition coefficient (Wildman–Crippen LogP) is 4.32. The van der Waals surface area contributed by atoms with Crippen molar-refractivity contribution in [3.8, 4) is 0 Å². The monoisotopic (exact) mass is 393 g/mol. The average Bonchev–Trinajstić information content (AvgIpc) is 2.71. The third-order valence-electron chi connectivity index (χ3n) is 5.51. The van der Waals surface area contributed by atoms with E-state index in [1.807, 2.05) is 6.92 Å².